The molecule has 0 aliphatic rings. The molecule has 2 aromatic rings. The SMILES string of the molecule is CC(C)CNCc1ccc(N(C)Cc2ccco2)cc1Br. The highest BCUT2D eigenvalue weighted by atomic mass is 79.9. The van der Waals surface area contributed by atoms with Crippen molar-refractivity contribution >= 4 is 21.6 Å². The highest BCUT2D eigenvalue weighted by molar-refractivity contribution is 9.10. The van der Waals surface area contributed by atoms with Crippen LogP contribution in [0.5, 0.6) is 0 Å². The molecule has 0 saturated carbocycles. The second kappa shape index (κ2) is 7.66. The number of hydrogen-bond acceptors (Lipinski definition) is 3. The van der Waals surface area contributed by atoms with Gasteiger partial charge in [0.1, 0.15) is 5.76 Å². The Balaban J connectivity index is 1.97. The smallest absolute Gasteiger partial charge is 0.123 e. The van der Waals surface area contributed by atoms with Gasteiger partial charge in [-0.05, 0) is 42.3 Å². The molecular weight excluding hydrogens is 328 g/mol. The Morgan fingerprint density at radius 1 is 1.29 bits per heavy atom. The summed E-state index contributed by atoms with van der Waals surface area (Å²) in [5, 5.41) is 3.47. The van der Waals surface area contributed by atoms with Crippen LogP contribution in [-0.4, -0.2) is 13.6 Å². The molecule has 1 aromatic carbocycles. The van der Waals surface area contributed by atoms with E-state index in [-0.39, 0.29) is 0 Å². The maximum atomic E-state index is 5.39. The molecule has 0 fully saturated rings. The normalized spacial score (nSPS) is 11.1. The Morgan fingerprint density at radius 3 is 2.71 bits per heavy atom. The van der Waals surface area contributed by atoms with Crippen molar-refractivity contribution in [1.29, 1.82) is 0 Å². The second-order valence-electron chi connectivity index (χ2n) is 5.74. The van der Waals surface area contributed by atoms with E-state index in [2.05, 4.69) is 65.2 Å². The highest BCUT2D eigenvalue weighted by Crippen LogP contribution is 2.24. The van der Waals surface area contributed by atoms with Crippen molar-refractivity contribution in [1.82, 2.24) is 5.32 Å². The first-order valence-electron chi connectivity index (χ1n) is 7.29. The molecule has 114 valence electrons. The maximum absolute atomic E-state index is 5.39. The summed E-state index contributed by atoms with van der Waals surface area (Å²) in [6.45, 7) is 7.13. The number of anilines is 1. The van der Waals surface area contributed by atoms with Gasteiger partial charge in [0.15, 0.2) is 0 Å². The predicted octanol–water partition coefficient (Wildman–Crippen LogP) is 4.42. The number of rotatable bonds is 7. The fourth-order valence-corrected chi connectivity index (χ4v) is 2.65. The van der Waals surface area contributed by atoms with Gasteiger partial charge in [-0.25, -0.2) is 0 Å². The molecule has 0 unspecified atom stereocenters. The minimum Gasteiger partial charge on any atom is -0.467 e. The fourth-order valence-electron chi connectivity index (χ4n) is 2.14. The first kappa shape index (κ1) is 16.1. The molecule has 1 heterocycles. The molecule has 0 atom stereocenters. The van der Waals surface area contributed by atoms with E-state index in [1.165, 1.54) is 11.3 Å². The number of hydrogen-bond donors (Lipinski definition) is 1. The van der Waals surface area contributed by atoms with Gasteiger partial charge in [-0.15, -0.1) is 0 Å². The van der Waals surface area contributed by atoms with Crippen molar-refractivity contribution in [2.45, 2.75) is 26.9 Å². The van der Waals surface area contributed by atoms with E-state index in [9.17, 15) is 0 Å². The second-order valence-corrected chi connectivity index (χ2v) is 6.59. The maximum Gasteiger partial charge on any atom is 0.123 e. The van der Waals surface area contributed by atoms with Gasteiger partial charge >= 0.3 is 0 Å². The van der Waals surface area contributed by atoms with Gasteiger partial charge in [0, 0.05) is 23.8 Å². The van der Waals surface area contributed by atoms with Gasteiger partial charge in [-0.2, -0.15) is 0 Å². The third-order valence-electron chi connectivity index (χ3n) is 3.32. The molecule has 3 nitrogen and oxygen atoms in total. The molecule has 4 heteroatoms. The molecular formula is C17H23BrN2O. The predicted molar refractivity (Wildman–Crippen MR) is 91.5 cm³/mol. The molecule has 0 saturated heterocycles. The lowest BCUT2D eigenvalue weighted by Crippen LogP contribution is -2.19. The Hall–Kier alpha value is -1.26. The van der Waals surface area contributed by atoms with Crippen molar-refractivity contribution in [3.05, 3.63) is 52.4 Å². The molecule has 2 rings (SSSR count). The Labute approximate surface area is 135 Å². The van der Waals surface area contributed by atoms with Gasteiger partial charge in [-0.3, -0.25) is 0 Å². The van der Waals surface area contributed by atoms with E-state index in [0.717, 1.165) is 29.9 Å². The van der Waals surface area contributed by atoms with Crippen LogP contribution in [0.1, 0.15) is 25.2 Å². The molecule has 1 N–H and O–H groups in total. The molecule has 1 aromatic heterocycles. The minimum absolute atomic E-state index is 0.669. The zero-order valence-electron chi connectivity index (χ0n) is 12.9. The first-order valence-corrected chi connectivity index (χ1v) is 8.08. The van der Waals surface area contributed by atoms with E-state index >= 15 is 0 Å². The van der Waals surface area contributed by atoms with E-state index in [1.54, 1.807) is 6.26 Å². The van der Waals surface area contributed by atoms with E-state index in [4.69, 9.17) is 4.42 Å². The molecule has 0 bridgehead atoms. The first-order chi connectivity index (χ1) is 10.1. The molecule has 0 aliphatic carbocycles. The quantitative estimate of drug-likeness (QED) is 0.800. The van der Waals surface area contributed by atoms with Crippen LogP contribution in [-0.2, 0) is 13.1 Å². The van der Waals surface area contributed by atoms with Crippen LogP contribution in [0.25, 0.3) is 0 Å². The molecule has 21 heavy (non-hydrogen) atoms. The molecule has 0 amide bonds. The van der Waals surface area contributed by atoms with Crippen molar-refractivity contribution < 1.29 is 4.42 Å². The van der Waals surface area contributed by atoms with Crippen molar-refractivity contribution in [3.63, 3.8) is 0 Å². The fraction of sp³-hybridized carbons (Fsp3) is 0.412. The highest BCUT2D eigenvalue weighted by Gasteiger charge is 2.07. The summed E-state index contributed by atoms with van der Waals surface area (Å²) in [6, 6.07) is 10.4. The van der Waals surface area contributed by atoms with Gasteiger partial charge in [0.2, 0.25) is 0 Å². The van der Waals surface area contributed by atoms with E-state index < -0.39 is 0 Å². The van der Waals surface area contributed by atoms with Crippen molar-refractivity contribution in [2.24, 2.45) is 5.92 Å². The van der Waals surface area contributed by atoms with Crippen LogP contribution >= 0.6 is 15.9 Å². The van der Waals surface area contributed by atoms with Crippen LogP contribution in [0.15, 0.2) is 45.5 Å². The zero-order valence-corrected chi connectivity index (χ0v) is 14.5. The topological polar surface area (TPSA) is 28.4 Å². The van der Waals surface area contributed by atoms with Gasteiger partial charge < -0.3 is 14.6 Å². The standard InChI is InChI=1S/C17H23BrN2O/c1-13(2)10-19-11-14-6-7-15(9-17(14)18)20(3)12-16-5-4-8-21-16/h4-9,13,19H,10-12H2,1-3H3. The Kier molecular flexibility index (Phi) is 5.88. The van der Waals surface area contributed by atoms with Crippen LogP contribution in [0.3, 0.4) is 0 Å². The van der Waals surface area contributed by atoms with E-state index in [1.807, 2.05) is 12.1 Å². The monoisotopic (exact) mass is 350 g/mol. The zero-order chi connectivity index (χ0) is 15.2. The van der Waals surface area contributed by atoms with Crippen LogP contribution in [0, 0.1) is 5.92 Å². The molecule has 0 spiro atoms. The average Bonchev–Trinajstić information content (AvgIpc) is 2.93. The van der Waals surface area contributed by atoms with Crippen LogP contribution in [0.4, 0.5) is 5.69 Å². The largest absolute Gasteiger partial charge is 0.467 e. The number of nitrogens with zero attached hydrogens (tertiary/aromatic N) is 1. The average molecular weight is 351 g/mol. The number of furan rings is 1. The van der Waals surface area contributed by atoms with Crippen molar-refractivity contribution in [3.8, 4) is 0 Å². The van der Waals surface area contributed by atoms with Gasteiger partial charge in [0.25, 0.3) is 0 Å². The van der Waals surface area contributed by atoms with Gasteiger partial charge in [-0.1, -0.05) is 35.8 Å². The number of nitrogens with one attached hydrogen (secondary N) is 1. The third kappa shape index (κ3) is 4.90. The third-order valence-corrected chi connectivity index (χ3v) is 4.06. The summed E-state index contributed by atoms with van der Waals surface area (Å²) in [5.41, 5.74) is 2.46. The van der Waals surface area contributed by atoms with Crippen LogP contribution in [0.2, 0.25) is 0 Å². The summed E-state index contributed by atoms with van der Waals surface area (Å²) in [7, 11) is 2.07. The minimum atomic E-state index is 0.669. The Bertz CT molecular complexity index is 552. The number of benzene rings is 1. The van der Waals surface area contributed by atoms with E-state index in [0.29, 0.717) is 5.92 Å². The lowest BCUT2D eigenvalue weighted by molar-refractivity contribution is 0.507. The summed E-state index contributed by atoms with van der Waals surface area (Å²) in [6.07, 6.45) is 1.71. The summed E-state index contributed by atoms with van der Waals surface area (Å²) in [5.74, 6) is 1.64. The van der Waals surface area contributed by atoms with Gasteiger partial charge in [0.05, 0.1) is 12.8 Å². The number of halogens is 1. The van der Waals surface area contributed by atoms with Crippen molar-refractivity contribution in [2.75, 3.05) is 18.5 Å². The summed E-state index contributed by atoms with van der Waals surface area (Å²) in [4.78, 5) is 2.18. The van der Waals surface area contributed by atoms with Crippen LogP contribution < -0.4 is 10.2 Å². The molecule has 0 radical (unpaired) electrons. The summed E-state index contributed by atoms with van der Waals surface area (Å²) >= 11 is 3.67. The molecule has 0 aliphatic heterocycles. The lowest BCUT2D eigenvalue weighted by atomic mass is 10.1. The Morgan fingerprint density at radius 2 is 2.10 bits per heavy atom. The summed E-state index contributed by atoms with van der Waals surface area (Å²) < 4.78 is 6.53. The lowest BCUT2D eigenvalue weighted by Gasteiger charge is -2.19.